The highest BCUT2D eigenvalue weighted by molar-refractivity contribution is 5.75. The molecule has 180 valence electrons. The molecule has 0 bridgehead atoms. The van der Waals surface area contributed by atoms with E-state index in [1.807, 2.05) is 18.2 Å². The van der Waals surface area contributed by atoms with Gasteiger partial charge in [-0.2, -0.15) is 5.26 Å². The molecule has 0 atom stereocenters. The van der Waals surface area contributed by atoms with Crippen LogP contribution < -0.4 is 19.9 Å². The van der Waals surface area contributed by atoms with Crippen molar-refractivity contribution in [1.82, 2.24) is 9.97 Å². The van der Waals surface area contributed by atoms with Gasteiger partial charge < -0.3 is 24.7 Å². The van der Waals surface area contributed by atoms with Gasteiger partial charge in [0.25, 0.3) is 5.91 Å². The van der Waals surface area contributed by atoms with Crippen LogP contribution in [0.2, 0.25) is 0 Å². The summed E-state index contributed by atoms with van der Waals surface area (Å²) >= 11 is 0. The van der Waals surface area contributed by atoms with Crippen LogP contribution >= 0.6 is 0 Å². The fourth-order valence-corrected chi connectivity index (χ4v) is 3.77. The third-order valence-corrected chi connectivity index (χ3v) is 5.52. The molecule has 0 saturated carbocycles. The standard InChI is InChI=1S/C26H26N4O5/c1-32-23-4-2-17(12-24(23)34-16-25(28)31)13-26-29-9-6-21(30-26)18-3-5-22(19(14-18)15-27)35-20-7-10-33-11-8-20/h2-6,9,12,14,20H,7-8,10-11,13,16H2,1H3,(H2,28,31). The number of ether oxygens (including phenoxy) is 4. The first-order valence-electron chi connectivity index (χ1n) is 11.2. The van der Waals surface area contributed by atoms with Gasteiger partial charge in [0.1, 0.15) is 23.7 Å². The number of amides is 1. The Hall–Kier alpha value is -4.16. The van der Waals surface area contributed by atoms with Gasteiger partial charge in [0.15, 0.2) is 18.1 Å². The van der Waals surface area contributed by atoms with E-state index < -0.39 is 5.91 Å². The van der Waals surface area contributed by atoms with Crippen molar-refractivity contribution in [3.8, 4) is 34.6 Å². The Bertz CT molecular complexity index is 1230. The largest absolute Gasteiger partial charge is 0.493 e. The number of carbonyl (C=O) groups excluding carboxylic acids is 1. The first kappa shape index (κ1) is 24.0. The zero-order valence-electron chi connectivity index (χ0n) is 19.4. The highest BCUT2D eigenvalue weighted by atomic mass is 16.5. The second kappa shape index (κ2) is 11.3. The Morgan fingerprint density at radius 3 is 2.69 bits per heavy atom. The molecule has 4 rings (SSSR count). The maximum atomic E-state index is 11.1. The van der Waals surface area contributed by atoms with E-state index in [9.17, 15) is 10.1 Å². The number of primary amides is 1. The van der Waals surface area contributed by atoms with Gasteiger partial charge >= 0.3 is 0 Å². The summed E-state index contributed by atoms with van der Waals surface area (Å²) in [6, 6.07) is 14.9. The van der Waals surface area contributed by atoms with Gasteiger partial charge in [-0.05, 0) is 42.0 Å². The van der Waals surface area contributed by atoms with Crippen molar-refractivity contribution in [2.24, 2.45) is 5.73 Å². The van der Waals surface area contributed by atoms with Crippen LogP contribution in [-0.2, 0) is 16.0 Å². The minimum Gasteiger partial charge on any atom is -0.493 e. The summed E-state index contributed by atoms with van der Waals surface area (Å²) in [6.07, 6.45) is 3.78. The topological polar surface area (TPSA) is 130 Å². The molecule has 9 nitrogen and oxygen atoms in total. The summed E-state index contributed by atoms with van der Waals surface area (Å²) in [5.74, 6) is 1.50. The van der Waals surface area contributed by atoms with Gasteiger partial charge in [-0.25, -0.2) is 9.97 Å². The van der Waals surface area contributed by atoms with E-state index in [1.54, 1.807) is 30.5 Å². The maximum Gasteiger partial charge on any atom is 0.255 e. The first-order chi connectivity index (χ1) is 17.1. The number of nitrogens with zero attached hydrogens (tertiary/aromatic N) is 3. The summed E-state index contributed by atoms with van der Waals surface area (Å²) in [6.45, 7) is 1.09. The predicted octanol–water partition coefficient (Wildman–Crippen LogP) is 3.04. The SMILES string of the molecule is COc1ccc(Cc2nccc(-c3ccc(OC4CCOCC4)c(C#N)c3)n2)cc1OCC(N)=O. The van der Waals surface area contributed by atoms with E-state index >= 15 is 0 Å². The summed E-state index contributed by atoms with van der Waals surface area (Å²) in [7, 11) is 1.52. The van der Waals surface area contributed by atoms with Gasteiger partial charge in [-0.3, -0.25) is 4.79 Å². The first-order valence-corrected chi connectivity index (χ1v) is 11.2. The van der Waals surface area contributed by atoms with Gasteiger partial charge in [0, 0.05) is 31.0 Å². The summed E-state index contributed by atoms with van der Waals surface area (Å²) < 4.78 is 22.2. The highest BCUT2D eigenvalue weighted by Gasteiger charge is 2.18. The van der Waals surface area contributed by atoms with Crippen LogP contribution in [0.1, 0.15) is 29.8 Å². The lowest BCUT2D eigenvalue weighted by Crippen LogP contribution is -2.26. The predicted molar refractivity (Wildman–Crippen MR) is 127 cm³/mol. The molecule has 1 amide bonds. The molecule has 1 aliphatic heterocycles. The third kappa shape index (κ3) is 6.25. The Morgan fingerprint density at radius 1 is 1.14 bits per heavy atom. The zero-order valence-corrected chi connectivity index (χ0v) is 19.4. The fourth-order valence-electron chi connectivity index (χ4n) is 3.77. The lowest BCUT2D eigenvalue weighted by atomic mass is 10.1. The molecule has 9 heteroatoms. The average molecular weight is 475 g/mol. The molecule has 1 fully saturated rings. The molecule has 35 heavy (non-hydrogen) atoms. The van der Waals surface area contributed by atoms with Crippen molar-refractivity contribution in [2.45, 2.75) is 25.4 Å². The Kier molecular flexibility index (Phi) is 7.75. The highest BCUT2D eigenvalue weighted by Crippen LogP contribution is 2.30. The lowest BCUT2D eigenvalue weighted by Gasteiger charge is -2.23. The molecule has 2 heterocycles. The Morgan fingerprint density at radius 2 is 1.94 bits per heavy atom. The molecule has 0 unspecified atom stereocenters. The van der Waals surface area contributed by atoms with Crippen LogP contribution in [0.3, 0.4) is 0 Å². The monoisotopic (exact) mass is 474 g/mol. The Balaban J connectivity index is 1.52. The average Bonchev–Trinajstić information content (AvgIpc) is 2.88. The molecular formula is C26H26N4O5. The van der Waals surface area contributed by atoms with Crippen LogP contribution in [0.5, 0.6) is 17.2 Å². The van der Waals surface area contributed by atoms with E-state index in [-0.39, 0.29) is 12.7 Å². The third-order valence-electron chi connectivity index (χ3n) is 5.52. The maximum absolute atomic E-state index is 11.1. The second-order valence-corrected chi connectivity index (χ2v) is 8.03. The molecule has 2 N–H and O–H groups in total. The molecule has 1 aromatic heterocycles. The number of hydrogen-bond acceptors (Lipinski definition) is 8. The molecule has 0 spiro atoms. The minimum absolute atomic E-state index is 0.0497. The summed E-state index contributed by atoms with van der Waals surface area (Å²) in [4.78, 5) is 20.2. The van der Waals surface area contributed by atoms with Crippen molar-refractivity contribution in [3.63, 3.8) is 0 Å². The normalized spacial score (nSPS) is 13.6. The van der Waals surface area contributed by atoms with Crippen molar-refractivity contribution in [2.75, 3.05) is 26.9 Å². The second-order valence-electron chi connectivity index (χ2n) is 8.03. The number of nitriles is 1. The lowest BCUT2D eigenvalue weighted by molar-refractivity contribution is -0.119. The molecule has 1 saturated heterocycles. The number of nitrogens with two attached hydrogens (primary N) is 1. The number of rotatable bonds is 9. The quantitative estimate of drug-likeness (QED) is 0.501. The van der Waals surface area contributed by atoms with Crippen LogP contribution in [0, 0.1) is 11.3 Å². The van der Waals surface area contributed by atoms with E-state index in [0.29, 0.717) is 54.0 Å². The molecular weight excluding hydrogens is 448 g/mol. The van der Waals surface area contributed by atoms with Crippen molar-refractivity contribution >= 4 is 5.91 Å². The van der Waals surface area contributed by atoms with Crippen molar-refractivity contribution in [3.05, 3.63) is 65.6 Å². The molecule has 0 radical (unpaired) electrons. The minimum atomic E-state index is -0.575. The summed E-state index contributed by atoms with van der Waals surface area (Å²) in [5, 5.41) is 9.68. The fraction of sp³-hybridized carbons (Fsp3) is 0.308. The van der Waals surface area contributed by atoms with Crippen LogP contribution in [0.15, 0.2) is 48.7 Å². The van der Waals surface area contributed by atoms with Gasteiger partial charge in [-0.15, -0.1) is 0 Å². The molecule has 2 aromatic carbocycles. The van der Waals surface area contributed by atoms with Crippen LogP contribution in [0.25, 0.3) is 11.3 Å². The van der Waals surface area contributed by atoms with Gasteiger partial charge in [0.05, 0.1) is 31.6 Å². The van der Waals surface area contributed by atoms with Gasteiger partial charge in [0.2, 0.25) is 0 Å². The zero-order chi connectivity index (χ0) is 24.6. The van der Waals surface area contributed by atoms with Crippen LogP contribution in [0.4, 0.5) is 0 Å². The molecule has 0 aliphatic carbocycles. The van der Waals surface area contributed by atoms with Gasteiger partial charge in [-0.1, -0.05) is 6.07 Å². The number of benzene rings is 2. The van der Waals surface area contributed by atoms with E-state index in [2.05, 4.69) is 16.0 Å². The van der Waals surface area contributed by atoms with Crippen molar-refractivity contribution in [1.29, 1.82) is 5.26 Å². The Labute approximate surface area is 203 Å². The smallest absolute Gasteiger partial charge is 0.255 e. The van der Waals surface area contributed by atoms with E-state index in [1.165, 1.54) is 7.11 Å². The molecule has 3 aromatic rings. The van der Waals surface area contributed by atoms with E-state index in [0.717, 1.165) is 24.0 Å². The number of hydrogen-bond donors (Lipinski definition) is 1. The number of methoxy groups -OCH3 is 1. The number of carbonyl (C=O) groups is 1. The molecule has 1 aliphatic rings. The van der Waals surface area contributed by atoms with Crippen LogP contribution in [-0.4, -0.2) is 48.9 Å². The van der Waals surface area contributed by atoms with E-state index in [4.69, 9.17) is 24.7 Å². The van der Waals surface area contributed by atoms with Crippen molar-refractivity contribution < 1.29 is 23.7 Å². The summed E-state index contributed by atoms with van der Waals surface area (Å²) in [5.41, 5.74) is 8.01. The number of aromatic nitrogens is 2.